The summed E-state index contributed by atoms with van der Waals surface area (Å²) in [5.41, 5.74) is 5.01. The number of nitro groups is 1. The third kappa shape index (κ3) is 4.68. The Morgan fingerprint density at radius 2 is 1.91 bits per heavy atom. The van der Waals surface area contributed by atoms with E-state index in [1.807, 2.05) is 0 Å². The highest BCUT2D eigenvalue weighted by Crippen LogP contribution is 2.43. The molecule has 3 aromatic heterocycles. The summed E-state index contributed by atoms with van der Waals surface area (Å²) in [5, 5.41) is 17.3. The zero-order chi connectivity index (χ0) is 25.5. The number of nitrogens with two attached hydrogens (primary N) is 1. The van der Waals surface area contributed by atoms with Crippen LogP contribution in [-0.4, -0.2) is 31.5 Å². The molecule has 0 aliphatic carbocycles. The molecule has 14 heteroatoms. The third-order valence-electron chi connectivity index (χ3n) is 4.97. The van der Waals surface area contributed by atoms with E-state index < -0.39 is 41.0 Å². The van der Waals surface area contributed by atoms with Gasteiger partial charge in [-0.15, -0.1) is 11.3 Å². The Hall–Kier alpha value is -4.33. The molecule has 10 nitrogen and oxygen atoms in total. The quantitative estimate of drug-likeness (QED) is 0.298. The van der Waals surface area contributed by atoms with E-state index in [0.29, 0.717) is 22.6 Å². The molecule has 35 heavy (non-hydrogen) atoms. The number of pyridine rings is 1. The standard InChI is InChI=1S/C21H15F3N6O4S/c1-10-7-14(30(33)34)28-29(10)9-15(31)27-17-16-12(11-5-3-2-4-6-11)8-13(21(22,23)24)26-20(16)35-18(17)19(25)32/h2-8H,9H2,1H3,(H2,25,32)(H,27,31). The largest absolute Gasteiger partial charge is 0.433 e. The molecular weight excluding hydrogens is 489 g/mol. The van der Waals surface area contributed by atoms with Crippen molar-refractivity contribution in [3.05, 3.63) is 68.8 Å². The average molecular weight is 504 g/mol. The molecule has 0 bridgehead atoms. The van der Waals surface area contributed by atoms with E-state index in [1.165, 1.54) is 13.0 Å². The van der Waals surface area contributed by atoms with Gasteiger partial charge in [0, 0.05) is 5.39 Å². The Kier molecular flexibility index (Phi) is 5.98. The highest BCUT2D eigenvalue weighted by atomic mass is 32.1. The molecule has 0 aliphatic heterocycles. The van der Waals surface area contributed by atoms with Crippen LogP contribution in [0.2, 0.25) is 0 Å². The van der Waals surface area contributed by atoms with Gasteiger partial charge in [0.1, 0.15) is 21.9 Å². The number of carbonyl (C=O) groups is 2. The number of halogens is 3. The molecule has 0 spiro atoms. The molecule has 0 unspecified atom stereocenters. The molecule has 0 saturated carbocycles. The summed E-state index contributed by atoms with van der Waals surface area (Å²) < 4.78 is 41.7. The number of hydrogen-bond acceptors (Lipinski definition) is 7. The Morgan fingerprint density at radius 3 is 2.49 bits per heavy atom. The van der Waals surface area contributed by atoms with Gasteiger partial charge < -0.3 is 21.2 Å². The summed E-state index contributed by atoms with van der Waals surface area (Å²) in [4.78, 5) is 38.5. The zero-order valence-corrected chi connectivity index (χ0v) is 18.6. The second kappa shape index (κ2) is 8.79. The summed E-state index contributed by atoms with van der Waals surface area (Å²) in [6.45, 7) is 1.06. The predicted molar refractivity (Wildman–Crippen MR) is 121 cm³/mol. The number of benzene rings is 1. The summed E-state index contributed by atoms with van der Waals surface area (Å²) in [5.74, 6) is -2.15. The molecular formula is C21H15F3N6O4S. The molecule has 3 heterocycles. The maximum atomic E-state index is 13.5. The van der Waals surface area contributed by atoms with Crippen LogP contribution in [0.15, 0.2) is 42.5 Å². The maximum Gasteiger partial charge on any atom is 0.433 e. The minimum Gasteiger partial charge on any atom is -0.365 e. The lowest BCUT2D eigenvalue weighted by atomic mass is 10.0. The monoisotopic (exact) mass is 504 g/mol. The van der Waals surface area contributed by atoms with Crippen molar-refractivity contribution in [1.29, 1.82) is 0 Å². The fraction of sp³-hybridized carbons (Fsp3) is 0.143. The number of amides is 2. The molecule has 0 radical (unpaired) electrons. The van der Waals surface area contributed by atoms with Crippen LogP contribution in [0, 0.1) is 17.0 Å². The minimum absolute atomic E-state index is 0.0906. The lowest BCUT2D eigenvalue weighted by molar-refractivity contribution is -0.389. The van der Waals surface area contributed by atoms with Crippen molar-refractivity contribution in [2.75, 3.05) is 5.32 Å². The molecule has 3 N–H and O–H groups in total. The number of anilines is 1. The van der Waals surface area contributed by atoms with Gasteiger partial charge in [-0.3, -0.25) is 9.59 Å². The fourth-order valence-electron chi connectivity index (χ4n) is 3.44. The van der Waals surface area contributed by atoms with E-state index in [2.05, 4.69) is 15.4 Å². The van der Waals surface area contributed by atoms with Gasteiger partial charge in [0.05, 0.1) is 22.5 Å². The van der Waals surface area contributed by atoms with Crippen LogP contribution in [-0.2, 0) is 17.5 Å². The van der Waals surface area contributed by atoms with E-state index in [-0.39, 0.29) is 26.3 Å². The van der Waals surface area contributed by atoms with Gasteiger partial charge in [0.25, 0.3) is 5.91 Å². The number of rotatable bonds is 6. The van der Waals surface area contributed by atoms with Crippen molar-refractivity contribution in [3.63, 3.8) is 0 Å². The lowest BCUT2D eigenvalue weighted by Crippen LogP contribution is -2.22. The Bertz CT molecular complexity index is 1480. The van der Waals surface area contributed by atoms with Crippen molar-refractivity contribution in [2.24, 2.45) is 5.73 Å². The van der Waals surface area contributed by atoms with Crippen LogP contribution in [0.1, 0.15) is 21.1 Å². The van der Waals surface area contributed by atoms with Crippen molar-refractivity contribution in [3.8, 4) is 11.1 Å². The first-order valence-corrected chi connectivity index (χ1v) is 10.7. The first-order chi connectivity index (χ1) is 16.5. The molecule has 180 valence electrons. The summed E-state index contributed by atoms with van der Waals surface area (Å²) in [6, 6.07) is 10.1. The van der Waals surface area contributed by atoms with E-state index in [0.717, 1.165) is 10.7 Å². The smallest absolute Gasteiger partial charge is 0.365 e. The number of aryl methyl sites for hydroxylation is 1. The number of thiophene rings is 1. The van der Waals surface area contributed by atoms with E-state index in [9.17, 15) is 32.9 Å². The zero-order valence-electron chi connectivity index (χ0n) is 17.8. The Morgan fingerprint density at radius 1 is 1.23 bits per heavy atom. The highest BCUT2D eigenvalue weighted by molar-refractivity contribution is 7.21. The highest BCUT2D eigenvalue weighted by Gasteiger charge is 2.35. The van der Waals surface area contributed by atoms with E-state index in [1.54, 1.807) is 30.3 Å². The second-order valence-electron chi connectivity index (χ2n) is 7.38. The SMILES string of the molecule is Cc1cc([N+](=O)[O-])nn1CC(=O)Nc1c(C(N)=O)sc2nc(C(F)(F)F)cc(-c3ccccc3)c12. The Labute approximate surface area is 198 Å². The van der Waals surface area contributed by atoms with Crippen molar-refractivity contribution in [1.82, 2.24) is 14.8 Å². The number of nitrogens with zero attached hydrogens (tertiary/aromatic N) is 4. The number of aromatic nitrogens is 3. The van der Waals surface area contributed by atoms with Gasteiger partial charge >= 0.3 is 12.0 Å². The van der Waals surface area contributed by atoms with Crippen LogP contribution >= 0.6 is 11.3 Å². The van der Waals surface area contributed by atoms with Gasteiger partial charge in [-0.1, -0.05) is 30.3 Å². The molecule has 0 saturated heterocycles. The second-order valence-corrected chi connectivity index (χ2v) is 8.38. The number of hydrogen-bond donors (Lipinski definition) is 2. The number of nitrogens with one attached hydrogen (secondary N) is 1. The van der Waals surface area contributed by atoms with Crippen LogP contribution in [0.3, 0.4) is 0 Å². The molecule has 1 aromatic carbocycles. The molecule has 0 fully saturated rings. The van der Waals surface area contributed by atoms with Crippen molar-refractivity contribution >= 4 is 44.9 Å². The summed E-state index contributed by atoms with van der Waals surface area (Å²) >= 11 is 0.618. The molecule has 0 atom stereocenters. The minimum atomic E-state index is -4.76. The van der Waals surface area contributed by atoms with Crippen molar-refractivity contribution < 1.29 is 27.7 Å². The summed E-state index contributed by atoms with van der Waals surface area (Å²) in [6.07, 6.45) is -4.76. The molecule has 4 aromatic rings. The van der Waals surface area contributed by atoms with E-state index >= 15 is 0 Å². The first kappa shape index (κ1) is 23.8. The van der Waals surface area contributed by atoms with Gasteiger partial charge in [-0.05, 0) is 29.0 Å². The maximum absolute atomic E-state index is 13.5. The Balaban J connectivity index is 1.85. The number of primary amides is 1. The molecule has 2 amide bonds. The van der Waals surface area contributed by atoms with Crippen LogP contribution in [0.25, 0.3) is 21.3 Å². The van der Waals surface area contributed by atoms with Crippen molar-refractivity contribution in [2.45, 2.75) is 19.6 Å². The normalized spacial score (nSPS) is 11.5. The van der Waals surface area contributed by atoms with Gasteiger partial charge in [0.2, 0.25) is 5.91 Å². The topological polar surface area (TPSA) is 146 Å². The van der Waals surface area contributed by atoms with Crippen LogP contribution in [0.4, 0.5) is 24.7 Å². The summed E-state index contributed by atoms with van der Waals surface area (Å²) in [7, 11) is 0. The van der Waals surface area contributed by atoms with Gasteiger partial charge in [-0.25, -0.2) is 4.98 Å². The van der Waals surface area contributed by atoms with Gasteiger partial charge in [-0.2, -0.15) is 17.9 Å². The molecule has 0 aliphatic rings. The predicted octanol–water partition coefficient (Wildman–Crippen LogP) is 4.13. The van der Waals surface area contributed by atoms with E-state index in [4.69, 9.17) is 5.73 Å². The van der Waals surface area contributed by atoms with Gasteiger partial charge in [0.15, 0.2) is 0 Å². The number of carbonyl (C=O) groups excluding carboxylic acids is 2. The fourth-order valence-corrected chi connectivity index (χ4v) is 4.45. The first-order valence-electron chi connectivity index (χ1n) is 9.84. The molecule has 4 rings (SSSR count). The van der Waals surface area contributed by atoms with Crippen LogP contribution < -0.4 is 11.1 Å². The number of alkyl halides is 3. The third-order valence-corrected chi connectivity index (χ3v) is 6.07. The lowest BCUT2D eigenvalue weighted by Gasteiger charge is -2.12. The number of fused-ring (bicyclic) bond motifs is 1. The van der Waals surface area contributed by atoms with Crippen LogP contribution in [0.5, 0.6) is 0 Å². The average Bonchev–Trinajstić information content (AvgIpc) is 3.34.